The molecule has 0 atom stereocenters. The van der Waals surface area contributed by atoms with Crippen LogP contribution in [0.5, 0.6) is 5.75 Å². The highest BCUT2D eigenvalue weighted by atomic mass is 16.4. The van der Waals surface area contributed by atoms with Gasteiger partial charge in [0.05, 0.1) is 5.56 Å². The number of rotatable bonds is 2. The zero-order chi connectivity index (χ0) is 24.5. The van der Waals surface area contributed by atoms with Crippen molar-refractivity contribution >= 4 is 54.5 Å². The van der Waals surface area contributed by atoms with Crippen LogP contribution in [-0.2, 0) is 0 Å². The Bertz CT molecular complexity index is 2170. The molecule has 5 heteroatoms. The molecule has 0 fully saturated rings. The fourth-order valence-corrected chi connectivity index (χ4v) is 5.14. The Balaban J connectivity index is 1.28. The lowest BCUT2D eigenvalue weighted by atomic mass is 10.0. The van der Waals surface area contributed by atoms with Crippen LogP contribution in [0.2, 0.25) is 0 Å². The molecule has 0 saturated carbocycles. The van der Waals surface area contributed by atoms with Crippen LogP contribution in [0.1, 0.15) is 0 Å². The van der Waals surface area contributed by atoms with Crippen LogP contribution in [0.4, 0.5) is 0 Å². The second kappa shape index (κ2) is 7.42. The number of phenolic OH excluding ortho intramolecular Hbond substituents is 1. The quantitative estimate of drug-likeness (QED) is 0.270. The van der Waals surface area contributed by atoms with Crippen LogP contribution in [0.15, 0.2) is 112 Å². The highest BCUT2D eigenvalue weighted by Gasteiger charge is 2.17. The normalized spacial score (nSPS) is 11.9. The molecule has 1 N–H and O–H groups in total. The van der Waals surface area contributed by atoms with Crippen molar-refractivity contribution in [1.29, 1.82) is 0 Å². The summed E-state index contributed by atoms with van der Waals surface area (Å²) in [5, 5.41) is 16.9. The average Bonchev–Trinajstić information content (AvgIpc) is 3.57. The first kappa shape index (κ1) is 20.1. The van der Waals surface area contributed by atoms with Gasteiger partial charge in [-0.05, 0) is 57.9 Å². The Labute approximate surface area is 210 Å². The Morgan fingerprint density at radius 1 is 0.514 bits per heavy atom. The molecule has 0 aliphatic heterocycles. The molecular weight excluding hydrogens is 460 g/mol. The Hall–Kier alpha value is -5.16. The molecule has 0 radical (unpaired) electrons. The molecule has 0 aliphatic rings. The monoisotopic (exact) mass is 478 g/mol. The zero-order valence-corrected chi connectivity index (χ0v) is 19.5. The molecule has 8 rings (SSSR count). The first-order chi connectivity index (χ1) is 18.2. The van der Waals surface area contributed by atoms with Crippen molar-refractivity contribution in [3.8, 4) is 28.7 Å². The number of benzene rings is 6. The topological polar surface area (TPSA) is 72.3 Å². The van der Waals surface area contributed by atoms with Crippen LogP contribution in [0, 0.1) is 0 Å². The van der Waals surface area contributed by atoms with Crippen LogP contribution >= 0.6 is 0 Å². The van der Waals surface area contributed by atoms with Gasteiger partial charge in [0.1, 0.15) is 16.8 Å². The summed E-state index contributed by atoms with van der Waals surface area (Å²) in [6.45, 7) is 0. The fraction of sp³-hybridized carbons (Fsp3) is 0. The molecule has 0 spiro atoms. The van der Waals surface area contributed by atoms with E-state index in [4.69, 9.17) is 13.8 Å². The second-order valence-electron chi connectivity index (χ2n) is 9.24. The molecule has 8 aromatic rings. The predicted octanol–water partition coefficient (Wildman–Crippen LogP) is 8.47. The third-order valence-corrected chi connectivity index (χ3v) is 6.99. The van der Waals surface area contributed by atoms with Gasteiger partial charge < -0.3 is 13.9 Å². The summed E-state index contributed by atoms with van der Waals surface area (Å²) in [7, 11) is 0. The van der Waals surface area contributed by atoms with E-state index < -0.39 is 0 Å². The van der Waals surface area contributed by atoms with Crippen LogP contribution in [0.3, 0.4) is 0 Å². The molecule has 2 aromatic heterocycles. The molecule has 6 aromatic carbocycles. The fourth-order valence-electron chi connectivity index (χ4n) is 5.14. The van der Waals surface area contributed by atoms with E-state index >= 15 is 0 Å². The van der Waals surface area contributed by atoms with Crippen molar-refractivity contribution in [2.24, 2.45) is 0 Å². The maximum atomic E-state index is 10.9. The number of hydrogen-bond donors (Lipinski definition) is 1. The van der Waals surface area contributed by atoms with E-state index in [0.29, 0.717) is 22.9 Å². The minimum absolute atomic E-state index is 0.115. The Kier molecular flexibility index (Phi) is 4.03. The number of nitrogens with zero attached hydrogens (tertiary/aromatic N) is 2. The van der Waals surface area contributed by atoms with Gasteiger partial charge in [-0.15, -0.1) is 0 Å². The number of oxazole rings is 2. The maximum absolute atomic E-state index is 10.9. The molecule has 37 heavy (non-hydrogen) atoms. The Morgan fingerprint density at radius 2 is 1.11 bits per heavy atom. The van der Waals surface area contributed by atoms with E-state index in [9.17, 15) is 5.11 Å². The first-order valence-corrected chi connectivity index (χ1v) is 12.1. The van der Waals surface area contributed by atoms with E-state index in [-0.39, 0.29) is 5.75 Å². The van der Waals surface area contributed by atoms with E-state index in [2.05, 4.69) is 17.1 Å². The number of aromatic hydroxyl groups is 1. The second-order valence-corrected chi connectivity index (χ2v) is 9.24. The van der Waals surface area contributed by atoms with Crippen LogP contribution in [0.25, 0.3) is 77.4 Å². The summed E-state index contributed by atoms with van der Waals surface area (Å²) in [6.07, 6.45) is 0. The lowest BCUT2D eigenvalue weighted by Crippen LogP contribution is -1.83. The van der Waals surface area contributed by atoms with E-state index in [1.165, 1.54) is 0 Å². The Morgan fingerprint density at radius 3 is 1.81 bits per heavy atom. The number of fused-ring (bicyclic) bond motifs is 7. The van der Waals surface area contributed by atoms with E-state index in [0.717, 1.165) is 54.5 Å². The highest BCUT2D eigenvalue weighted by Crippen LogP contribution is 2.38. The van der Waals surface area contributed by atoms with E-state index in [1.807, 2.05) is 84.9 Å². The number of hydrogen-bond acceptors (Lipinski definition) is 5. The van der Waals surface area contributed by atoms with Crippen molar-refractivity contribution in [3.05, 3.63) is 103 Å². The molecule has 2 heterocycles. The van der Waals surface area contributed by atoms with Crippen LogP contribution < -0.4 is 0 Å². The predicted molar refractivity (Wildman–Crippen MR) is 147 cm³/mol. The van der Waals surface area contributed by atoms with Crippen LogP contribution in [-0.4, -0.2) is 15.1 Å². The summed E-state index contributed by atoms with van der Waals surface area (Å²) >= 11 is 0. The molecule has 0 amide bonds. The van der Waals surface area contributed by atoms with Gasteiger partial charge in [-0.2, -0.15) is 0 Å². The molecule has 174 valence electrons. The lowest BCUT2D eigenvalue weighted by Gasteiger charge is -2.05. The summed E-state index contributed by atoms with van der Waals surface area (Å²) in [5.74, 6) is 1.05. The van der Waals surface area contributed by atoms with Gasteiger partial charge in [0.15, 0.2) is 11.2 Å². The van der Waals surface area contributed by atoms with Crippen molar-refractivity contribution in [3.63, 3.8) is 0 Å². The van der Waals surface area contributed by atoms with Gasteiger partial charge in [-0.3, -0.25) is 0 Å². The lowest BCUT2D eigenvalue weighted by molar-refractivity contribution is 0.475. The van der Waals surface area contributed by atoms with Gasteiger partial charge in [0, 0.05) is 16.3 Å². The highest BCUT2D eigenvalue weighted by molar-refractivity contribution is 6.05. The molecule has 5 nitrogen and oxygen atoms in total. The molecule has 0 saturated heterocycles. The summed E-state index contributed by atoms with van der Waals surface area (Å²) < 4.78 is 12.4. The third kappa shape index (κ3) is 3.04. The van der Waals surface area contributed by atoms with Gasteiger partial charge in [-0.25, -0.2) is 9.97 Å². The average molecular weight is 479 g/mol. The van der Waals surface area contributed by atoms with Gasteiger partial charge in [0.25, 0.3) is 0 Å². The SMILES string of the molecule is Oc1cc2ccc(-c3nc4ccc5ccccc5c4o3)cc2cc1-c1nc2ccc3ccccc3c2o1. The first-order valence-electron chi connectivity index (χ1n) is 12.1. The van der Waals surface area contributed by atoms with Crippen molar-refractivity contribution in [1.82, 2.24) is 9.97 Å². The third-order valence-electron chi connectivity index (χ3n) is 6.99. The van der Waals surface area contributed by atoms with Gasteiger partial charge in [-0.1, -0.05) is 66.7 Å². The molecular formula is C32H18N2O3. The van der Waals surface area contributed by atoms with Crippen molar-refractivity contribution in [2.45, 2.75) is 0 Å². The molecule has 0 aliphatic carbocycles. The molecule has 0 unspecified atom stereocenters. The minimum Gasteiger partial charge on any atom is -0.507 e. The summed E-state index contributed by atoms with van der Waals surface area (Å²) in [4.78, 5) is 9.43. The minimum atomic E-state index is 0.115. The van der Waals surface area contributed by atoms with E-state index in [1.54, 1.807) is 6.07 Å². The van der Waals surface area contributed by atoms with Crippen molar-refractivity contribution in [2.75, 3.05) is 0 Å². The summed E-state index contributed by atoms with van der Waals surface area (Å²) in [6, 6.07) is 33.8. The standard InChI is InChI=1S/C32H18N2O3/c35-28-17-20-9-10-21(31-33-26-13-11-18-5-1-3-7-23(18)29(26)36-31)15-22(20)16-25(28)32-34-27-14-12-19-6-2-4-8-24(19)30(27)37-32/h1-17,35H. The zero-order valence-electron chi connectivity index (χ0n) is 19.5. The smallest absolute Gasteiger partial charge is 0.231 e. The van der Waals surface area contributed by atoms with Gasteiger partial charge in [0.2, 0.25) is 11.8 Å². The number of phenols is 1. The van der Waals surface area contributed by atoms with Gasteiger partial charge >= 0.3 is 0 Å². The summed E-state index contributed by atoms with van der Waals surface area (Å²) in [5.41, 5.74) is 4.44. The van der Waals surface area contributed by atoms with Crippen molar-refractivity contribution < 1.29 is 13.9 Å². The number of aromatic nitrogens is 2. The largest absolute Gasteiger partial charge is 0.507 e. The molecule has 0 bridgehead atoms. The maximum Gasteiger partial charge on any atom is 0.231 e.